The minimum atomic E-state index is -0.321. The summed E-state index contributed by atoms with van der Waals surface area (Å²) in [5.41, 5.74) is 1.98. The molecule has 0 atom stereocenters. The second-order valence-electron chi connectivity index (χ2n) is 6.89. The van der Waals surface area contributed by atoms with Crippen LogP contribution in [-0.2, 0) is 17.9 Å². The molecule has 0 bridgehead atoms. The molecule has 0 spiro atoms. The quantitative estimate of drug-likeness (QED) is 0.484. The predicted octanol–water partition coefficient (Wildman–Crippen LogP) is 3.00. The molecule has 0 unspecified atom stereocenters. The van der Waals surface area contributed by atoms with Crippen molar-refractivity contribution >= 4 is 34.1 Å². The summed E-state index contributed by atoms with van der Waals surface area (Å²) in [7, 11) is 1.60. The van der Waals surface area contributed by atoms with Crippen molar-refractivity contribution < 1.29 is 9.53 Å². The van der Waals surface area contributed by atoms with Crippen molar-refractivity contribution in [3.63, 3.8) is 0 Å². The van der Waals surface area contributed by atoms with Gasteiger partial charge in [-0.05, 0) is 49.1 Å². The molecule has 2 heterocycles. The van der Waals surface area contributed by atoms with Gasteiger partial charge in [-0.25, -0.2) is 4.68 Å². The number of benzene rings is 2. The van der Waals surface area contributed by atoms with Gasteiger partial charge in [-0.1, -0.05) is 18.2 Å². The number of ether oxygens (including phenoxy) is 1. The van der Waals surface area contributed by atoms with Crippen LogP contribution in [0.3, 0.4) is 0 Å². The second kappa shape index (κ2) is 8.23. The standard InChI is InChI=1S/C22H22N4O3S/c1-14-24-25(13-21(27)23-12-15-7-9-16(30-3)10-8-15)22(28)19-11-17-18(26(14)19)5-4-6-20(17)29-2/h4-11H,12-13H2,1-3H3,(H,23,27). The lowest BCUT2D eigenvalue weighted by Crippen LogP contribution is -2.34. The number of thioether (sulfide) groups is 1. The number of aromatic nitrogens is 3. The number of amides is 1. The summed E-state index contributed by atoms with van der Waals surface area (Å²) in [4.78, 5) is 26.6. The molecule has 1 N–H and O–H groups in total. The highest BCUT2D eigenvalue weighted by molar-refractivity contribution is 7.98. The number of nitrogens with one attached hydrogen (secondary N) is 1. The fraction of sp³-hybridized carbons (Fsp3) is 0.227. The van der Waals surface area contributed by atoms with E-state index < -0.39 is 0 Å². The van der Waals surface area contributed by atoms with Crippen LogP contribution in [0.2, 0.25) is 0 Å². The van der Waals surface area contributed by atoms with E-state index in [-0.39, 0.29) is 18.0 Å². The maximum Gasteiger partial charge on any atom is 0.291 e. The molecule has 154 valence electrons. The molecule has 7 nitrogen and oxygen atoms in total. The van der Waals surface area contributed by atoms with E-state index in [2.05, 4.69) is 10.4 Å². The first-order valence-electron chi connectivity index (χ1n) is 9.47. The van der Waals surface area contributed by atoms with Crippen LogP contribution >= 0.6 is 11.8 Å². The van der Waals surface area contributed by atoms with Crippen molar-refractivity contribution in [1.82, 2.24) is 19.5 Å². The van der Waals surface area contributed by atoms with Crippen LogP contribution in [0.25, 0.3) is 16.4 Å². The molecule has 0 saturated heterocycles. The van der Waals surface area contributed by atoms with Crippen molar-refractivity contribution in [3.8, 4) is 5.75 Å². The second-order valence-corrected chi connectivity index (χ2v) is 7.77. The highest BCUT2D eigenvalue weighted by Crippen LogP contribution is 2.28. The number of nitrogens with zero attached hydrogens (tertiary/aromatic N) is 3. The Balaban J connectivity index is 1.59. The van der Waals surface area contributed by atoms with Crippen molar-refractivity contribution in [2.75, 3.05) is 13.4 Å². The van der Waals surface area contributed by atoms with Gasteiger partial charge in [0, 0.05) is 16.8 Å². The van der Waals surface area contributed by atoms with E-state index in [0.717, 1.165) is 16.5 Å². The molecule has 0 aliphatic rings. The largest absolute Gasteiger partial charge is 0.496 e. The molecule has 8 heteroatoms. The topological polar surface area (TPSA) is 77.6 Å². The van der Waals surface area contributed by atoms with Crippen LogP contribution < -0.4 is 15.6 Å². The van der Waals surface area contributed by atoms with Crippen LogP contribution in [0.5, 0.6) is 5.75 Å². The van der Waals surface area contributed by atoms with Gasteiger partial charge in [-0.3, -0.25) is 14.0 Å². The minimum Gasteiger partial charge on any atom is -0.496 e. The zero-order chi connectivity index (χ0) is 21.3. The van der Waals surface area contributed by atoms with Gasteiger partial charge >= 0.3 is 0 Å². The molecule has 1 amide bonds. The van der Waals surface area contributed by atoms with Gasteiger partial charge < -0.3 is 10.1 Å². The molecule has 4 rings (SSSR count). The van der Waals surface area contributed by atoms with E-state index >= 15 is 0 Å². The monoisotopic (exact) mass is 422 g/mol. The summed E-state index contributed by atoms with van der Waals surface area (Å²) in [6, 6.07) is 15.4. The highest BCUT2D eigenvalue weighted by atomic mass is 32.2. The van der Waals surface area contributed by atoms with E-state index in [1.807, 2.05) is 55.6 Å². The molecular formula is C22H22N4O3S. The molecule has 0 saturated carbocycles. The molecule has 0 aliphatic heterocycles. The Morgan fingerprint density at radius 1 is 1.17 bits per heavy atom. The number of hydrogen-bond acceptors (Lipinski definition) is 5. The first kappa shape index (κ1) is 20.0. The van der Waals surface area contributed by atoms with E-state index in [9.17, 15) is 9.59 Å². The highest BCUT2D eigenvalue weighted by Gasteiger charge is 2.16. The van der Waals surface area contributed by atoms with Gasteiger partial charge in [0.05, 0.1) is 12.6 Å². The SMILES string of the molecule is COc1cccc2c1cc1c(=O)n(CC(=O)NCc3ccc(SC)cc3)nc(C)n12. The maximum absolute atomic E-state index is 13.0. The van der Waals surface area contributed by atoms with E-state index in [1.165, 1.54) is 9.58 Å². The molecule has 2 aromatic heterocycles. The molecule has 30 heavy (non-hydrogen) atoms. The fourth-order valence-corrected chi connectivity index (χ4v) is 3.94. The van der Waals surface area contributed by atoms with Gasteiger partial charge in [0.2, 0.25) is 5.91 Å². The summed E-state index contributed by atoms with van der Waals surface area (Å²) in [5.74, 6) is 1.04. The Hall–Kier alpha value is -3.26. The van der Waals surface area contributed by atoms with E-state index in [4.69, 9.17) is 4.74 Å². The summed E-state index contributed by atoms with van der Waals surface area (Å²) in [6.07, 6.45) is 2.02. The van der Waals surface area contributed by atoms with E-state index in [0.29, 0.717) is 23.6 Å². The number of rotatable bonds is 6. The summed E-state index contributed by atoms with van der Waals surface area (Å²) < 4.78 is 8.42. The van der Waals surface area contributed by atoms with Crippen molar-refractivity contribution in [3.05, 3.63) is 70.3 Å². The van der Waals surface area contributed by atoms with Crippen LogP contribution in [0.15, 0.2) is 58.2 Å². The van der Waals surface area contributed by atoms with Gasteiger partial charge in [-0.15, -0.1) is 11.8 Å². The normalized spacial score (nSPS) is 11.2. The number of aryl methyl sites for hydroxylation is 1. The van der Waals surface area contributed by atoms with Crippen molar-refractivity contribution in [2.45, 2.75) is 24.9 Å². The zero-order valence-electron chi connectivity index (χ0n) is 17.0. The minimum absolute atomic E-state index is 0.141. The molecule has 0 fully saturated rings. The summed E-state index contributed by atoms with van der Waals surface area (Å²) >= 11 is 1.67. The number of fused-ring (bicyclic) bond motifs is 3. The lowest BCUT2D eigenvalue weighted by Gasteiger charge is -2.10. The molecule has 4 aromatic rings. The van der Waals surface area contributed by atoms with Gasteiger partial charge in [0.15, 0.2) is 0 Å². The third-order valence-corrected chi connectivity index (χ3v) is 5.75. The van der Waals surface area contributed by atoms with Crippen LogP contribution in [0.4, 0.5) is 0 Å². The van der Waals surface area contributed by atoms with Crippen LogP contribution in [0.1, 0.15) is 11.4 Å². The number of methoxy groups -OCH3 is 1. The molecular weight excluding hydrogens is 400 g/mol. The number of carbonyl (C=O) groups excluding carboxylic acids is 1. The number of carbonyl (C=O) groups is 1. The molecule has 0 radical (unpaired) electrons. The van der Waals surface area contributed by atoms with Crippen molar-refractivity contribution in [1.29, 1.82) is 0 Å². The van der Waals surface area contributed by atoms with Crippen LogP contribution in [0, 0.1) is 6.92 Å². The first-order valence-corrected chi connectivity index (χ1v) is 10.7. The molecule has 2 aromatic carbocycles. The lowest BCUT2D eigenvalue weighted by molar-refractivity contribution is -0.122. The number of hydrogen-bond donors (Lipinski definition) is 1. The lowest BCUT2D eigenvalue weighted by atomic mass is 10.2. The summed E-state index contributed by atoms with van der Waals surface area (Å²) in [5, 5.41) is 8.04. The Labute approximate surface area is 177 Å². The van der Waals surface area contributed by atoms with Crippen molar-refractivity contribution in [2.24, 2.45) is 0 Å². The average molecular weight is 423 g/mol. The maximum atomic E-state index is 13.0. The Morgan fingerprint density at radius 2 is 1.93 bits per heavy atom. The Bertz CT molecular complexity index is 1290. The Morgan fingerprint density at radius 3 is 2.63 bits per heavy atom. The predicted molar refractivity (Wildman–Crippen MR) is 118 cm³/mol. The van der Waals surface area contributed by atoms with Gasteiger partial charge in [0.25, 0.3) is 5.56 Å². The van der Waals surface area contributed by atoms with Gasteiger partial charge in [0.1, 0.15) is 23.6 Å². The smallest absolute Gasteiger partial charge is 0.291 e. The third-order valence-electron chi connectivity index (χ3n) is 5.01. The Kier molecular flexibility index (Phi) is 5.50. The first-order chi connectivity index (χ1) is 14.5. The van der Waals surface area contributed by atoms with Crippen LogP contribution in [-0.4, -0.2) is 33.5 Å². The average Bonchev–Trinajstić information content (AvgIpc) is 3.16. The fourth-order valence-electron chi connectivity index (χ4n) is 3.53. The summed E-state index contributed by atoms with van der Waals surface area (Å²) in [6.45, 7) is 2.07. The molecule has 0 aliphatic carbocycles. The third kappa shape index (κ3) is 3.66. The van der Waals surface area contributed by atoms with Gasteiger partial charge in [-0.2, -0.15) is 5.10 Å². The van der Waals surface area contributed by atoms with E-state index in [1.54, 1.807) is 29.3 Å². The zero-order valence-corrected chi connectivity index (χ0v) is 17.8.